The van der Waals surface area contributed by atoms with Gasteiger partial charge in [0.1, 0.15) is 18.1 Å². The Bertz CT molecular complexity index is 617. The van der Waals surface area contributed by atoms with E-state index in [1.165, 1.54) is 25.9 Å². The molecule has 0 aromatic carbocycles. The number of aliphatic carboxylic acids is 1. The van der Waals surface area contributed by atoms with Gasteiger partial charge in [0.2, 0.25) is 11.2 Å². The zero-order valence-corrected chi connectivity index (χ0v) is 13.9. The number of carboxylic acid groups (broad SMARTS) is 1. The first-order valence-electron chi connectivity index (χ1n) is 7.74. The number of methoxy groups -OCH3 is 1. The minimum atomic E-state index is -0.787. The Morgan fingerprint density at radius 3 is 2.83 bits per heavy atom. The number of likely N-dealkylation sites (tertiary alicyclic amines) is 1. The maximum atomic E-state index is 11.8. The maximum Gasteiger partial charge on any atom is 0.320 e. The summed E-state index contributed by atoms with van der Waals surface area (Å²) in [6.45, 7) is 0.358. The second-order valence-corrected chi connectivity index (χ2v) is 6.15. The molecular formula is C16H22ClNO5. The second kappa shape index (κ2) is 7.36. The zero-order valence-electron chi connectivity index (χ0n) is 13.1. The monoisotopic (exact) mass is 343 g/mol. The molecule has 1 aliphatic heterocycles. The standard InChI is InChI=1S/C16H21NO5.ClH/c1-21-15-9-22-11(7-14(15)18)8-17-12-5-3-2-4-10(12)6-13(17)16(19)20;/h7,9-10,12-13H,2-6,8H2,1H3,(H,19,20);1H. The molecule has 0 spiro atoms. The smallest absolute Gasteiger partial charge is 0.320 e. The van der Waals surface area contributed by atoms with Crippen molar-refractivity contribution in [2.45, 2.75) is 50.7 Å². The SMILES string of the molecule is COc1coc(CN2C(C(=O)O)CC3CCCCC32)cc1=O.Cl. The Morgan fingerprint density at radius 2 is 2.17 bits per heavy atom. The predicted octanol–water partition coefficient (Wildman–Crippen LogP) is 2.29. The van der Waals surface area contributed by atoms with Gasteiger partial charge in [0.05, 0.1) is 13.7 Å². The summed E-state index contributed by atoms with van der Waals surface area (Å²) < 4.78 is 10.3. The first kappa shape index (κ1) is 17.8. The fraction of sp³-hybridized carbons (Fsp3) is 0.625. The van der Waals surface area contributed by atoms with E-state index in [-0.39, 0.29) is 29.6 Å². The molecule has 3 rings (SSSR count). The Hall–Kier alpha value is -1.53. The van der Waals surface area contributed by atoms with Crippen LogP contribution in [0.3, 0.4) is 0 Å². The average Bonchev–Trinajstić information content (AvgIpc) is 2.87. The van der Waals surface area contributed by atoms with Crippen LogP contribution in [0.1, 0.15) is 37.9 Å². The van der Waals surface area contributed by atoms with Crippen molar-refractivity contribution in [2.75, 3.05) is 7.11 Å². The highest BCUT2D eigenvalue weighted by Gasteiger charge is 2.45. The van der Waals surface area contributed by atoms with Gasteiger partial charge in [0.25, 0.3) is 0 Å². The van der Waals surface area contributed by atoms with E-state index in [0.717, 1.165) is 19.3 Å². The number of hydrogen-bond acceptors (Lipinski definition) is 5. The number of ether oxygens (including phenoxy) is 1. The van der Waals surface area contributed by atoms with E-state index in [0.29, 0.717) is 24.6 Å². The summed E-state index contributed by atoms with van der Waals surface area (Å²) in [5.74, 6) is 0.309. The van der Waals surface area contributed by atoms with E-state index in [1.807, 2.05) is 4.90 Å². The number of rotatable bonds is 4. The number of halogens is 1. The van der Waals surface area contributed by atoms with Crippen molar-refractivity contribution in [2.24, 2.45) is 5.92 Å². The molecule has 1 saturated carbocycles. The minimum Gasteiger partial charge on any atom is -0.490 e. The molecule has 1 aromatic rings. The van der Waals surface area contributed by atoms with Gasteiger partial charge < -0.3 is 14.3 Å². The topological polar surface area (TPSA) is 80.0 Å². The third-order valence-electron chi connectivity index (χ3n) is 4.92. The van der Waals surface area contributed by atoms with E-state index in [9.17, 15) is 14.7 Å². The molecule has 1 aromatic heterocycles. The van der Waals surface area contributed by atoms with E-state index in [1.54, 1.807) is 0 Å². The van der Waals surface area contributed by atoms with Gasteiger partial charge in [0.15, 0.2) is 0 Å². The van der Waals surface area contributed by atoms with Crippen LogP contribution in [0.15, 0.2) is 21.5 Å². The summed E-state index contributed by atoms with van der Waals surface area (Å²) in [6, 6.07) is 1.19. The molecule has 7 heteroatoms. The Kier molecular flexibility index (Phi) is 5.70. The molecule has 0 amide bonds. The summed E-state index contributed by atoms with van der Waals surface area (Å²) in [5, 5.41) is 9.49. The van der Waals surface area contributed by atoms with Crippen molar-refractivity contribution in [3.05, 3.63) is 28.3 Å². The van der Waals surface area contributed by atoms with Crippen LogP contribution < -0.4 is 10.2 Å². The molecule has 1 aliphatic carbocycles. The number of fused-ring (bicyclic) bond motifs is 1. The molecular weight excluding hydrogens is 322 g/mol. The molecule has 2 fully saturated rings. The Balaban J connectivity index is 0.00000192. The highest BCUT2D eigenvalue weighted by molar-refractivity contribution is 5.85. The summed E-state index contributed by atoms with van der Waals surface area (Å²) in [5.41, 5.74) is -0.241. The van der Waals surface area contributed by atoms with Crippen LogP contribution in [0.4, 0.5) is 0 Å². The molecule has 1 saturated heterocycles. The lowest BCUT2D eigenvalue weighted by molar-refractivity contribution is -0.143. The molecule has 2 heterocycles. The molecule has 1 N–H and O–H groups in total. The third-order valence-corrected chi connectivity index (χ3v) is 4.92. The van der Waals surface area contributed by atoms with Gasteiger partial charge in [0, 0.05) is 12.1 Å². The van der Waals surface area contributed by atoms with E-state index >= 15 is 0 Å². The van der Waals surface area contributed by atoms with Crippen molar-refractivity contribution in [3.63, 3.8) is 0 Å². The van der Waals surface area contributed by atoms with Crippen molar-refractivity contribution in [1.82, 2.24) is 4.90 Å². The van der Waals surface area contributed by atoms with E-state index < -0.39 is 12.0 Å². The van der Waals surface area contributed by atoms with Crippen molar-refractivity contribution in [1.29, 1.82) is 0 Å². The van der Waals surface area contributed by atoms with Gasteiger partial charge >= 0.3 is 5.97 Å². The first-order valence-corrected chi connectivity index (χ1v) is 7.74. The molecule has 3 atom stereocenters. The van der Waals surface area contributed by atoms with Crippen LogP contribution in [0, 0.1) is 5.92 Å². The van der Waals surface area contributed by atoms with E-state index in [2.05, 4.69) is 0 Å². The van der Waals surface area contributed by atoms with Crippen LogP contribution in [-0.2, 0) is 11.3 Å². The van der Waals surface area contributed by atoms with Gasteiger partial charge in [-0.1, -0.05) is 12.8 Å². The minimum absolute atomic E-state index is 0. The first-order chi connectivity index (χ1) is 10.6. The summed E-state index contributed by atoms with van der Waals surface area (Å²) >= 11 is 0. The van der Waals surface area contributed by atoms with Gasteiger partial charge in [-0.2, -0.15) is 0 Å². The molecule has 6 nitrogen and oxygen atoms in total. The molecule has 2 aliphatic rings. The summed E-state index contributed by atoms with van der Waals surface area (Å²) in [6.07, 6.45) is 6.42. The molecule has 0 bridgehead atoms. The number of nitrogens with zero attached hydrogens (tertiary/aromatic N) is 1. The molecule has 0 radical (unpaired) electrons. The zero-order chi connectivity index (χ0) is 15.7. The van der Waals surface area contributed by atoms with Crippen LogP contribution in [-0.4, -0.2) is 35.2 Å². The molecule has 3 unspecified atom stereocenters. The fourth-order valence-corrected chi connectivity index (χ4v) is 3.87. The van der Waals surface area contributed by atoms with Crippen molar-refractivity contribution in [3.8, 4) is 5.75 Å². The summed E-state index contributed by atoms with van der Waals surface area (Å²) in [4.78, 5) is 25.4. The van der Waals surface area contributed by atoms with Crippen LogP contribution in [0.5, 0.6) is 5.75 Å². The van der Waals surface area contributed by atoms with Gasteiger partial charge in [-0.3, -0.25) is 14.5 Å². The highest BCUT2D eigenvalue weighted by atomic mass is 35.5. The van der Waals surface area contributed by atoms with Crippen molar-refractivity contribution >= 4 is 18.4 Å². The van der Waals surface area contributed by atoms with Crippen LogP contribution in [0.2, 0.25) is 0 Å². The molecule has 128 valence electrons. The van der Waals surface area contributed by atoms with Crippen LogP contribution in [0.25, 0.3) is 0 Å². The Morgan fingerprint density at radius 1 is 1.43 bits per heavy atom. The highest BCUT2D eigenvalue weighted by Crippen LogP contribution is 2.40. The third kappa shape index (κ3) is 3.53. The fourth-order valence-electron chi connectivity index (χ4n) is 3.87. The van der Waals surface area contributed by atoms with Crippen molar-refractivity contribution < 1.29 is 19.1 Å². The van der Waals surface area contributed by atoms with E-state index in [4.69, 9.17) is 9.15 Å². The quantitative estimate of drug-likeness (QED) is 0.903. The normalized spacial score (nSPS) is 27.1. The van der Waals surface area contributed by atoms with Gasteiger partial charge in [-0.25, -0.2) is 0 Å². The number of hydrogen-bond donors (Lipinski definition) is 1. The number of carboxylic acids is 1. The molecule has 23 heavy (non-hydrogen) atoms. The lowest BCUT2D eigenvalue weighted by Gasteiger charge is -2.32. The second-order valence-electron chi connectivity index (χ2n) is 6.15. The Labute approximate surface area is 140 Å². The van der Waals surface area contributed by atoms with Gasteiger partial charge in [-0.15, -0.1) is 12.4 Å². The van der Waals surface area contributed by atoms with Crippen LogP contribution >= 0.6 is 12.4 Å². The lowest BCUT2D eigenvalue weighted by atomic mass is 9.85. The maximum absolute atomic E-state index is 11.8. The lowest BCUT2D eigenvalue weighted by Crippen LogP contribution is -2.41. The summed E-state index contributed by atoms with van der Waals surface area (Å²) in [7, 11) is 1.42. The largest absolute Gasteiger partial charge is 0.490 e. The predicted molar refractivity (Wildman–Crippen MR) is 86.1 cm³/mol. The average molecular weight is 344 g/mol. The van der Waals surface area contributed by atoms with Gasteiger partial charge in [-0.05, 0) is 25.2 Å². The number of carbonyl (C=O) groups is 1.